The zero-order chi connectivity index (χ0) is 30.1. The third kappa shape index (κ3) is 6.04. The van der Waals surface area contributed by atoms with E-state index in [0.717, 1.165) is 0 Å². The van der Waals surface area contributed by atoms with Gasteiger partial charge >= 0.3 is 0 Å². The van der Waals surface area contributed by atoms with E-state index in [0.29, 0.717) is 27.5 Å². The Balaban J connectivity index is 1.63. The lowest BCUT2D eigenvalue weighted by Gasteiger charge is -2.34. The van der Waals surface area contributed by atoms with E-state index >= 15 is 0 Å². The molecule has 5 rings (SSSR count). The van der Waals surface area contributed by atoms with Crippen LogP contribution in [-0.2, 0) is 24.6 Å². The van der Waals surface area contributed by atoms with Gasteiger partial charge in [0.15, 0.2) is 0 Å². The Labute approximate surface area is 250 Å². The number of morpholine rings is 1. The average molecular weight is 623 g/mol. The zero-order valence-corrected chi connectivity index (χ0v) is 25.1. The van der Waals surface area contributed by atoms with E-state index in [-0.39, 0.29) is 35.1 Å². The quantitative estimate of drug-likeness (QED) is 0.255. The number of rotatable bonds is 7. The van der Waals surface area contributed by atoms with Crippen molar-refractivity contribution in [1.82, 2.24) is 14.1 Å². The highest BCUT2D eigenvalue weighted by Gasteiger charge is 2.32. The second-order valence-corrected chi connectivity index (χ2v) is 14.2. The van der Waals surface area contributed by atoms with Gasteiger partial charge < -0.3 is 4.74 Å². The minimum atomic E-state index is -4.19. The van der Waals surface area contributed by atoms with Gasteiger partial charge in [-0.2, -0.15) is 14.7 Å². The molecule has 4 aromatic rings. The van der Waals surface area contributed by atoms with E-state index in [1.54, 1.807) is 23.0 Å². The number of halogens is 1. The van der Waals surface area contributed by atoms with Crippen molar-refractivity contribution < 1.29 is 21.6 Å². The summed E-state index contributed by atoms with van der Waals surface area (Å²) < 4.78 is 62.6. The molecule has 0 radical (unpaired) electrons. The fourth-order valence-corrected chi connectivity index (χ4v) is 7.68. The van der Waals surface area contributed by atoms with Crippen LogP contribution in [0.15, 0.2) is 99.8 Å². The third-order valence-electron chi connectivity index (χ3n) is 6.70. The Hall–Kier alpha value is -3.79. The molecule has 1 aromatic heterocycles. The maximum absolute atomic E-state index is 13.6. The summed E-state index contributed by atoms with van der Waals surface area (Å²) in [5, 5.41) is 15.0. The van der Waals surface area contributed by atoms with Crippen LogP contribution in [0.2, 0.25) is 5.02 Å². The van der Waals surface area contributed by atoms with E-state index < -0.39 is 24.8 Å². The van der Waals surface area contributed by atoms with Gasteiger partial charge in [-0.1, -0.05) is 41.9 Å². The number of hydrogen-bond acceptors (Lipinski definition) is 7. The number of para-hydroxylation sites is 1. The Bertz CT molecular complexity index is 1890. The standard InChI is InChI=1S/C30H27ClN4O5S2/c1-21-18-34(19-22(2)40-21)42(38,39)28-10-6-7-23(15-28)30-24(20-35(33-30)26-8-4-3-5-9-26)16-29(17-32)41(36,37)27-13-11-25(31)12-14-27/h3-16,20-22H,18-19H2,1-2H3. The molecule has 9 nitrogen and oxygen atoms in total. The molecular weight excluding hydrogens is 596 g/mol. The van der Waals surface area contributed by atoms with E-state index in [1.807, 2.05) is 50.2 Å². The first kappa shape index (κ1) is 29.7. The van der Waals surface area contributed by atoms with E-state index in [4.69, 9.17) is 16.3 Å². The van der Waals surface area contributed by atoms with E-state index in [9.17, 15) is 22.1 Å². The summed E-state index contributed by atoms with van der Waals surface area (Å²) >= 11 is 5.93. The Morgan fingerprint density at radius 3 is 2.26 bits per heavy atom. The van der Waals surface area contributed by atoms with Crippen LogP contribution in [0, 0.1) is 11.3 Å². The summed E-state index contributed by atoms with van der Waals surface area (Å²) in [7, 11) is -8.05. The lowest BCUT2D eigenvalue weighted by atomic mass is 10.1. The van der Waals surface area contributed by atoms with Gasteiger partial charge in [0.25, 0.3) is 0 Å². The number of ether oxygens (including phenoxy) is 1. The van der Waals surface area contributed by atoms with Gasteiger partial charge in [0, 0.05) is 35.4 Å². The first-order valence-electron chi connectivity index (χ1n) is 13.0. The van der Waals surface area contributed by atoms with Crippen molar-refractivity contribution in [3.05, 3.63) is 101 Å². The molecule has 1 aliphatic rings. The maximum atomic E-state index is 13.6. The normalized spacial score (nSPS) is 18.5. The number of benzene rings is 3. The monoisotopic (exact) mass is 622 g/mol. The lowest BCUT2D eigenvalue weighted by Crippen LogP contribution is -2.48. The van der Waals surface area contributed by atoms with Crippen LogP contribution < -0.4 is 0 Å². The fourth-order valence-electron chi connectivity index (χ4n) is 4.76. The number of allylic oxidation sites excluding steroid dienone is 1. The van der Waals surface area contributed by atoms with E-state index in [1.165, 1.54) is 46.8 Å². The number of aromatic nitrogens is 2. The highest BCUT2D eigenvalue weighted by atomic mass is 35.5. The first-order chi connectivity index (χ1) is 20.0. The van der Waals surface area contributed by atoms with Gasteiger partial charge in [-0.15, -0.1) is 0 Å². The minimum Gasteiger partial charge on any atom is -0.373 e. The molecule has 0 N–H and O–H groups in total. The largest absolute Gasteiger partial charge is 0.373 e. The highest BCUT2D eigenvalue weighted by Crippen LogP contribution is 2.31. The first-order valence-corrected chi connectivity index (χ1v) is 16.3. The number of sulfone groups is 1. The van der Waals surface area contributed by atoms with Gasteiger partial charge in [-0.25, -0.2) is 21.5 Å². The molecule has 2 atom stereocenters. The molecule has 3 aromatic carbocycles. The number of hydrogen-bond donors (Lipinski definition) is 0. The predicted molar refractivity (Wildman–Crippen MR) is 160 cm³/mol. The summed E-state index contributed by atoms with van der Waals surface area (Å²) in [6, 6.07) is 22.8. The van der Waals surface area contributed by atoms with Gasteiger partial charge in [0.2, 0.25) is 19.9 Å². The fraction of sp³-hybridized carbons (Fsp3) is 0.200. The molecule has 2 heterocycles. The number of nitrogens with zero attached hydrogens (tertiary/aromatic N) is 4. The van der Waals surface area contributed by atoms with Gasteiger partial charge in [-0.05, 0) is 68.5 Å². The molecular formula is C30H27ClN4O5S2. The minimum absolute atomic E-state index is 0.0692. The van der Waals surface area contributed by atoms with Crippen molar-refractivity contribution in [3.8, 4) is 23.0 Å². The topological polar surface area (TPSA) is 122 Å². The molecule has 0 aliphatic carbocycles. The summed E-state index contributed by atoms with van der Waals surface area (Å²) in [5.41, 5.74) is 1.75. The average Bonchev–Trinajstić information content (AvgIpc) is 3.40. The number of nitriles is 1. The van der Waals surface area contributed by atoms with Crippen LogP contribution in [0.4, 0.5) is 0 Å². The van der Waals surface area contributed by atoms with Gasteiger partial charge in [0.05, 0.1) is 27.7 Å². The Morgan fingerprint density at radius 1 is 0.952 bits per heavy atom. The van der Waals surface area contributed by atoms with Crippen LogP contribution in [0.1, 0.15) is 19.4 Å². The second kappa shape index (κ2) is 11.8. The van der Waals surface area contributed by atoms with Crippen molar-refractivity contribution >= 4 is 37.5 Å². The predicted octanol–water partition coefficient (Wildman–Crippen LogP) is 5.33. The van der Waals surface area contributed by atoms with E-state index in [2.05, 4.69) is 5.10 Å². The molecule has 12 heteroatoms. The summed E-state index contributed by atoms with van der Waals surface area (Å²) in [6.07, 6.45) is 2.35. The molecule has 216 valence electrons. The van der Waals surface area contributed by atoms with Crippen LogP contribution >= 0.6 is 11.6 Å². The molecule has 1 fully saturated rings. The van der Waals surface area contributed by atoms with Crippen molar-refractivity contribution in [2.75, 3.05) is 13.1 Å². The lowest BCUT2D eigenvalue weighted by molar-refractivity contribution is -0.0440. The van der Waals surface area contributed by atoms with Crippen LogP contribution in [0.25, 0.3) is 23.0 Å². The SMILES string of the molecule is CC1CN(S(=O)(=O)c2cccc(-c3nn(-c4ccccc4)cc3C=C(C#N)S(=O)(=O)c3ccc(Cl)cc3)c2)CC(C)O1. The second-order valence-electron chi connectivity index (χ2n) is 9.90. The van der Waals surface area contributed by atoms with Gasteiger partial charge in [-0.3, -0.25) is 0 Å². The summed E-state index contributed by atoms with van der Waals surface area (Å²) in [6.45, 7) is 4.10. The number of sulfonamides is 1. The molecule has 0 spiro atoms. The van der Waals surface area contributed by atoms with Crippen molar-refractivity contribution in [3.63, 3.8) is 0 Å². The van der Waals surface area contributed by atoms with Crippen LogP contribution in [0.3, 0.4) is 0 Å². The third-order valence-corrected chi connectivity index (χ3v) is 10.5. The molecule has 2 unspecified atom stereocenters. The highest BCUT2D eigenvalue weighted by molar-refractivity contribution is 7.95. The summed E-state index contributed by atoms with van der Waals surface area (Å²) in [5.74, 6) is 0. The Kier molecular flexibility index (Phi) is 8.37. The molecule has 0 saturated carbocycles. The summed E-state index contributed by atoms with van der Waals surface area (Å²) in [4.78, 5) is -0.516. The van der Waals surface area contributed by atoms with Crippen LogP contribution in [-0.4, -0.2) is 56.2 Å². The zero-order valence-electron chi connectivity index (χ0n) is 22.8. The van der Waals surface area contributed by atoms with Gasteiger partial charge in [0.1, 0.15) is 16.7 Å². The molecule has 1 saturated heterocycles. The van der Waals surface area contributed by atoms with Crippen molar-refractivity contribution in [1.29, 1.82) is 5.26 Å². The molecule has 0 bridgehead atoms. The Morgan fingerprint density at radius 2 is 1.62 bits per heavy atom. The van der Waals surface area contributed by atoms with Crippen LogP contribution in [0.5, 0.6) is 0 Å². The maximum Gasteiger partial charge on any atom is 0.243 e. The smallest absolute Gasteiger partial charge is 0.243 e. The van der Waals surface area contributed by atoms with Crippen molar-refractivity contribution in [2.45, 2.75) is 35.8 Å². The molecule has 42 heavy (non-hydrogen) atoms. The molecule has 1 aliphatic heterocycles. The van der Waals surface area contributed by atoms with Crippen molar-refractivity contribution in [2.24, 2.45) is 0 Å². The molecule has 0 amide bonds.